The van der Waals surface area contributed by atoms with Crippen LogP contribution in [0.2, 0.25) is 0 Å². The van der Waals surface area contributed by atoms with Crippen molar-refractivity contribution in [2.75, 3.05) is 13.1 Å². The average Bonchev–Trinajstić information content (AvgIpc) is 3.29. The fourth-order valence-corrected chi connectivity index (χ4v) is 4.62. The molecule has 0 radical (unpaired) electrons. The molecule has 164 valence electrons. The molecule has 2 aromatic heterocycles. The molecule has 0 unspecified atom stereocenters. The summed E-state index contributed by atoms with van der Waals surface area (Å²) in [6.07, 6.45) is 5.79. The molecule has 1 N–H and O–H groups in total. The molecule has 7 nitrogen and oxygen atoms in total. The summed E-state index contributed by atoms with van der Waals surface area (Å²) in [6, 6.07) is 9.34. The molecule has 4 heterocycles. The molecule has 3 aromatic rings. The van der Waals surface area contributed by atoms with Gasteiger partial charge in [0.2, 0.25) is 0 Å². The molecular formula is C24H24FN5O2. The Labute approximate surface area is 184 Å². The van der Waals surface area contributed by atoms with E-state index in [0.717, 1.165) is 37.2 Å². The van der Waals surface area contributed by atoms with Crippen LogP contribution in [-0.2, 0) is 19.5 Å². The average molecular weight is 433 g/mol. The van der Waals surface area contributed by atoms with Crippen molar-refractivity contribution in [3.63, 3.8) is 0 Å². The normalized spacial score (nSPS) is 18.5. The predicted octanol–water partition coefficient (Wildman–Crippen LogP) is 2.84. The first kappa shape index (κ1) is 20.5. The number of nitrogens with one attached hydrogen (secondary N) is 1. The van der Waals surface area contributed by atoms with E-state index < -0.39 is 5.82 Å². The van der Waals surface area contributed by atoms with Crippen LogP contribution in [0.5, 0.6) is 0 Å². The molecule has 1 fully saturated rings. The number of aromatic amines is 1. The maximum atomic E-state index is 13.6. The standard InChI is InChI=1S/C24H24FN5O2/c25-18-6-1-5-17(12-18)24(32)30-10-3-7-21(30)22-27-20-8-11-29(15-19(20)23(31)28-22)14-16-4-2-9-26-13-16/h1-2,4-6,9,12-13,21H,3,7-8,10-11,14-15H2,(H,27,28,31)/t21-/m0/s1. The van der Waals surface area contributed by atoms with Crippen LogP contribution >= 0.6 is 0 Å². The summed E-state index contributed by atoms with van der Waals surface area (Å²) in [5.74, 6) is -0.158. The second-order valence-electron chi connectivity index (χ2n) is 8.37. The zero-order chi connectivity index (χ0) is 22.1. The van der Waals surface area contributed by atoms with Crippen LogP contribution in [0.1, 0.15) is 51.9 Å². The zero-order valence-corrected chi connectivity index (χ0v) is 17.6. The van der Waals surface area contributed by atoms with Crippen LogP contribution in [0.15, 0.2) is 53.6 Å². The summed E-state index contributed by atoms with van der Waals surface area (Å²) in [5, 5.41) is 0. The topological polar surface area (TPSA) is 82.2 Å². The van der Waals surface area contributed by atoms with Gasteiger partial charge < -0.3 is 9.88 Å². The molecule has 1 saturated heterocycles. The lowest BCUT2D eigenvalue weighted by Gasteiger charge is -2.29. The predicted molar refractivity (Wildman–Crippen MR) is 116 cm³/mol. The fraction of sp³-hybridized carbons (Fsp3) is 0.333. The number of halogens is 1. The molecule has 0 bridgehead atoms. The van der Waals surface area contributed by atoms with Gasteiger partial charge in [-0.3, -0.25) is 19.5 Å². The molecule has 1 atom stereocenters. The van der Waals surface area contributed by atoms with Crippen molar-refractivity contribution in [1.82, 2.24) is 24.8 Å². The van der Waals surface area contributed by atoms with Gasteiger partial charge in [0.1, 0.15) is 11.6 Å². The van der Waals surface area contributed by atoms with E-state index in [9.17, 15) is 14.0 Å². The zero-order valence-electron chi connectivity index (χ0n) is 17.6. The first-order valence-electron chi connectivity index (χ1n) is 10.9. The van der Waals surface area contributed by atoms with Gasteiger partial charge in [-0.05, 0) is 42.7 Å². The molecule has 0 aliphatic carbocycles. The number of H-pyrrole nitrogens is 1. The number of pyridine rings is 1. The lowest BCUT2D eigenvalue weighted by Crippen LogP contribution is -2.37. The highest BCUT2D eigenvalue weighted by Gasteiger charge is 2.33. The maximum Gasteiger partial charge on any atom is 0.255 e. The van der Waals surface area contributed by atoms with Crippen molar-refractivity contribution in [1.29, 1.82) is 0 Å². The van der Waals surface area contributed by atoms with Gasteiger partial charge in [0.05, 0.1) is 17.3 Å². The smallest absolute Gasteiger partial charge is 0.255 e. The van der Waals surface area contributed by atoms with Crippen LogP contribution in [0.4, 0.5) is 4.39 Å². The van der Waals surface area contributed by atoms with E-state index in [1.54, 1.807) is 17.2 Å². The van der Waals surface area contributed by atoms with Crippen LogP contribution in [0.3, 0.4) is 0 Å². The number of fused-ring (bicyclic) bond motifs is 1. The number of rotatable bonds is 4. The van der Waals surface area contributed by atoms with Crippen molar-refractivity contribution >= 4 is 5.91 Å². The highest BCUT2D eigenvalue weighted by Crippen LogP contribution is 2.31. The first-order valence-corrected chi connectivity index (χ1v) is 10.9. The SMILES string of the molecule is O=C(c1cccc(F)c1)N1CCC[C@H]1c1nc2c(c(=O)[nH]1)CN(Cc1cccnc1)CC2. The van der Waals surface area contributed by atoms with Gasteiger partial charge in [0, 0.05) is 50.6 Å². The highest BCUT2D eigenvalue weighted by molar-refractivity contribution is 5.94. The summed E-state index contributed by atoms with van der Waals surface area (Å²) in [6.45, 7) is 2.62. The number of carbonyl (C=O) groups excluding carboxylic acids is 1. The Bertz CT molecular complexity index is 1200. The number of carbonyl (C=O) groups is 1. The Morgan fingerprint density at radius 1 is 1.22 bits per heavy atom. The minimum absolute atomic E-state index is 0.147. The molecular weight excluding hydrogens is 409 g/mol. The number of likely N-dealkylation sites (tertiary alicyclic amines) is 1. The Morgan fingerprint density at radius 3 is 2.94 bits per heavy atom. The van der Waals surface area contributed by atoms with Gasteiger partial charge >= 0.3 is 0 Å². The third-order valence-corrected chi connectivity index (χ3v) is 6.20. The fourth-order valence-electron chi connectivity index (χ4n) is 4.62. The third-order valence-electron chi connectivity index (χ3n) is 6.20. The van der Waals surface area contributed by atoms with E-state index in [4.69, 9.17) is 4.98 Å². The summed E-state index contributed by atoms with van der Waals surface area (Å²) < 4.78 is 13.6. The minimum Gasteiger partial charge on any atom is -0.328 e. The van der Waals surface area contributed by atoms with Crippen molar-refractivity contribution in [3.05, 3.63) is 93.2 Å². The van der Waals surface area contributed by atoms with E-state index in [1.807, 2.05) is 18.3 Å². The second-order valence-corrected chi connectivity index (χ2v) is 8.37. The van der Waals surface area contributed by atoms with E-state index in [2.05, 4.69) is 14.9 Å². The van der Waals surface area contributed by atoms with Crippen molar-refractivity contribution in [2.45, 2.75) is 38.4 Å². The number of benzene rings is 1. The van der Waals surface area contributed by atoms with Gasteiger partial charge in [0.25, 0.3) is 11.5 Å². The Hall–Kier alpha value is -3.39. The number of hydrogen-bond donors (Lipinski definition) is 1. The lowest BCUT2D eigenvalue weighted by atomic mass is 10.1. The number of nitrogens with zero attached hydrogens (tertiary/aromatic N) is 4. The van der Waals surface area contributed by atoms with Crippen LogP contribution in [-0.4, -0.2) is 43.7 Å². The molecule has 32 heavy (non-hydrogen) atoms. The lowest BCUT2D eigenvalue weighted by molar-refractivity contribution is 0.0728. The highest BCUT2D eigenvalue weighted by atomic mass is 19.1. The monoisotopic (exact) mass is 433 g/mol. The van der Waals surface area contributed by atoms with E-state index in [1.165, 1.54) is 18.2 Å². The van der Waals surface area contributed by atoms with Crippen molar-refractivity contribution < 1.29 is 9.18 Å². The van der Waals surface area contributed by atoms with E-state index in [0.29, 0.717) is 36.5 Å². The number of amides is 1. The van der Waals surface area contributed by atoms with Crippen LogP contribution in [0, 0.1) is 5.82 Å². The summed E-state index contributed by atoms with van der Waals surface area (Å²) in [7, 11) is 0. The molecule has 2 aliphatic heterocycles. The Morgan fingerprint density at radius 2 is 2.12 bits per heavy atom. The van der Waals surface area contributed by atoms with Crippen molar-refractivity contribution in [2.24, 2.45) is 0 Å². The Kier molecular flexibility index (Phi) is 5.53. The van der Waals surface area contributed by atoms with Gasteiger partial charge in [-0.25, -0.2) is 9.37 Å². The van der Waals surface area contributed by atoms with Crippen molar-refractivity contribution in [3.8, 4) is 0 Å². The van der Waals surface area contributed by atoms with E-state index >= 15 is 0 Å². The minimum atomic E-state index is -0.442. The molecule has 1 aromatic carbocycles. The van der Waals surface area contributed by atoms with Gasteiger partial charge in [-0.1, -0.05) is 12.1 Å². The third kappa shape index (κ3) is 4.05. The van der Waals surface area contributed by atoms with Gasteiger partial charge in [0.15, 0.2) is 0 Å². The quantitative estimate of drug-likeness (QED) is 0.684. The second kappa shape index (κ2) is 8.63. The Balaban J connectivity index is 1.37. The first-order chi connectivity index (χ1) is 15.6. The number of aromatic nitrogens is 3. The summed E-state index contributed by atoms with van der Waals surface area (Å²) >= 11 is 0. The van der Waals surface area contributed by atoms with E-state index in [-0.39, 0.29) is 17.5 Å². The molecule has 0 spiro atoms. The molecule has 2 aliphatic rings. The largest absolute Gasteiger partial charge is 0.328 e. The van der Waals surface area contributed by atoms with Crippen LogP contribution in [0.25, 0.3) is 0 Å². The maximum absolute atomic E-state index is 13.6. The van der Waals surface area contributed by atoms with Gasteiger partial charge in [-0.2, -0.15) is 0 Å². The molecule has 1 amide bonds. The molecule has 8 heteroatoms. The molecule has 5 rings (SSSR count). The van der Waals surface area contributed by atoms with Gasteiger partial charge in [-0.15, -0.1) is 0 Å². The van der Waals surface area contributed by atoms with Crippen LogP contribution < -0.4 is 5.56 Å². The number of hydrogen-bond acceptors (Lipinski definition) is 5. The summed E-state index contributed by atoms with van der Waals surface area (Å²) in [5.41, 5.74) is 2.75. The molecule has 0 saturated carbocycles. The summed E-state index contributed by atoms with van der Waals surface area (Å²) in [4.78, 5) is 41.7.